The summed E-state index contributed by atoms with van der Waals surface area (Å²) in [7, 11) is -3.08. The molecule has 1 saturated heterocycles. The molecule has 5 nitrogen and oxygen atoms in total. The van der Waals surface area contributed by atoms with Gasteiger partial charge in [0.05, 0.1) is 0 Å². The Balaban J connectivity index is 2.20. The van der Waals surface area contributed by atoms with Crippen LogP contribution in [0.5, 0.6) is 0 Å². The maximum absolute atomic E-state index is 12.2. The molecular formula is C14H21N3O2S2. The van der Waals surface area contributed by atoms with Crippen molar-refractivity contribution in [2.45, 2.75) is 18.8 Å². The van der Waals surface area contributed by atoms with E-state index in [1.165, 1.54) is 0 Å². The van der Waals surface area contributed by atoms with E-state index >= 15 is 0 Å². The lowest BCUT2D eigenvalue weighted by atomic mass is 10.1. The molecule has 1 atom stereocenters. The van der Waals surface area contributed by atoms with Gasteiger partial charge in [-0.1, -0.05) is 25.1 Å². The number of benzene rings is 1. The van der Waals surface area contributed by atoms with Crippen LogP contribution in [-0.4, -0.2) is 48.3 Å². The van der Waals surface area contributed by atoms with Crippen LogP contribution in [-0.2, 0) is 16.4 Å². The third kappa shape index (κ3) is 3.99. The smallest absolute Gasteiger partial charge is 0.166 e. The van der Waals surface area contributed by atoms with E-state index in [2.05, 4.69) is 0 Å². The lowest BCUT2D eigenvalue weighted by Gasteiger charge is -2.34. The van der Waals surface area contributed by atoms with Crippen molar-refractivity contribution < 1.29 is 8.42 Å². The van der Waals surface area contributed by atoms with Gasteiger partial charge in [-0.15, -0.1) is 0 Å². The van der Waals surface area contributed by atoms with Gasteiger partial charge in [0.1, 0.15) is 11.2 Å². The highest BCUT2D eigenvalue weighted by atomic mass is 32.2. The van der Waals surface area contributed by atoms with Gasteiger partial charge in [0.15, 0.2) is 9.84 Å². The number of hydrogen-bond donors (Lipinski definition) is 2. The number of nitrogens with zero attached hydrogens (tertiary/aromatic N) is 1. The number of rotatable bonds is 5. The van der Waals surface area contributed by atoms with Crippen molar-refractivity contribution in [3.8, 4) is 0 Å². The third-order valence-electron chi connectivity index (χ3n) is 3.63. The van der Waals surface area contributed by atoms with E-state index in [1.54, 1.807) is 24.8 Å². The molecule has 1 aromatic rings. The van der Waals surface area contributed by atoms with Crippen LogP contribution in [0, 0.1) is 5.41 Å². The fraction of sp³-hybridized carbons (Fsp3) is 0.500. The largest absolute Gasteiger partial charge is 0.384 e. The SMILES string of the molecule is CCS(=O)(=O)C1CSCCN1Cc1cccc(C(=N)N)c1. The molecule has 116 valence electrons. The van der Waals surface area contributed by atoms with Crippen LogP contribution in [0.25, 0.3) is 0 Å². The maximum atomic E-state index is 12.2. The Morgan fingerprint density at radius 2 is 2.29 bits per heavy atom. The number of hydrogen-bond acceptors (Lipinski definition) is 5. The van der Waals surface area contributed by atoms with E-state index in [-0.39, 0.29) is 11.6 Å². The van der Waals surface area contributed by atoms with Crippen molar-refractivity contribution in [3.05, 3.63) is 35.4 Å². The molecule has 2 rings (SSSR count). The molecule has 0 radical (unpaired) electrons. The monoisotopic (exact) mass is 327 g/mol. The van der Waals surface area contributed by atoms with Gasteiger partial charge in [-0.05, 0) is 11.6 Å². The fourth-order valence-electron chi connectivity index (χ4n) is 2.39. The van der Waals surface area contributed by atoms with E-state index in [0.717, 1.165) is 17.9 Å². The van der Waals surface area contributed by atoms with Crippen molar-refractivity contribution in [1.82, 2.24) is 4.90 Å². The number of nitrogen functional groups attached to an aromatic ring is 1. The van der Waals surface area contributed by atoms with E-state index in [0.29, 0.717) is 17.9 Å². The Hall–Kier alpha value is -1.05. The number of nitrogens with one attached hydrogen (secondary N) is 1. The van der Waals surface area contributed by atoms with E-state index in [9.17, 15) is 8.42 Å². The minimum Gasteiger partial charge on any atom is -0.384 e. The van der Waals surface area contributed by atoms with Gasteiger partial charge in [-0.3, -0.25) is 10.3 Å². The Morgan fingerprint density at radius 1 is 1.52 bits per heavy atom. The molecule has 1 heterocycles. The number of amidine groups is 1. The molecule has 0 spiro atoms. The first kappa shape index (κ1) is 16.3. The summed E-state index contributed by atoms with van der Waals surface area (Å²) in [4.78, 5) is 2.02. The number of thioether (sulfide) groups is 1. The third-order valence-corrected chi connectivity index (χ3v) is 6.96. The van der Waals surface area contributed by atoms with Gasteiger partial charge < -0.3 is 5.73 Å². The van der Waals surface area contributed by atoms with Crippen LogP contribution < -0.4 is 5.73 Å². The topological polar surface area (TPSA) is 87.2 Å². The molecule has 1 aromatic carbocycles. The zero-order chi connectivity index (χ0) is 15.5. The predicted molar refractivity (Wildman–Crippen MR) is 88.4 cm³/mol. The average molecular weight is 327 g/mol. The molecule has 21 heavy (non-hydrogen) atoms. The average Bonchev–Trinajstić information content (AvgIpc) is 2.48. The minimum atomic E-state index is -3.08. The quantitative estimate of drug-likeness (QED) is 0.628. The Labute approximate surface area is 130 Å². The Kier molecular flexibility index (Phi) is 5.29. The molecule has 0 aliphatic carbocycles. The molecule has 1 aliphatic heterocycles. The highest BCUT2D eigenvalue weighted by Crippen LogP contribution is 2.23. The summed E-state index contributed by atoms with van der Waals surface area (Å²) in [6.45, 7) is 3.04. The maximum Gasteiger partial charge on any atom is 0.166 e. The summed E-state index contributed by atoms with van der Waals surface area (Å²) >= 11 is 1.69. The molecule has 0 amide bonds. The number of nitrogens with two attached hydrogens (primary N) is 1. The van der Waals surface area contributed by atoms with Gasteiger partial charge in [-0.2, -0.15) is 11.8 Å². The second-order valence-electron chi connectivity index (χ2n) is 5.07. The first-order chi connectivity index (χ1) is 9.94. The fourth-order valence-corrected chi connectivity index (χ4v) is 5.47. The first-order valence-corrected chi connectivity index (χ1v) is 9.77. The molecular weight excluding hydrogens is 306 g/mol. The van der Waals surface area contributed by atoms with E-state index in [1.807, 2.05) is 23.1 Å². The molecule has 7 heteroatoms. The summed E-state index contributed by atoms with van der Waals surface area (Å²) in [5, 5.41) is 7.07. The molecule has 1 aliphatic rings. The van der Waals surface area contributed by atoms with Crippen LogP contribution in [0.3, 0.4) is 0 Å². The van der Waals surface area contributed by atoms with Crippen LogP contribution in [0.1, 0.15) is 18.1 Å². The molecule has 0 saturated carbocycles. The molecule has 1 fully saturated rings. The molecule has 3 N–H and O–H groups in total. The van der Waals surface area contributed by atoms with Crippen molar-refractivity contribution in [1.29, 1.82) is 5.41 Å². The van der Waals surface area contributed by atoms with Crippen molar-refractivity contribution >= 4 is 27.4 Å². The van der Waals surface area contributed by atoms with Crippen molar-refractivity contribution in [2.24, 2.45) is 5.73 Å². The second kappa shape index (κ2) is 6.81. The van der Waals surface area contributed by atoms with Crippen LogP contribution in [0.4, 0.5) is 0 Å². The molecule has 1 unspecified atom stereocenters. The van der Waals surface area contributed by atoms with Gasteiger partial charge in [-0.25, -0.2) is 8.42 Å². The minimum absolute atomic E-state index is 0.0313. The van der Waals surface area contributed by atoms with Crippen molar-refractivity contribution in [3.63, 3.8) is 0 Å². The van der Waals surface area contributed by atoms with E-state index < -0.39 is 15.2 Å². The van der Waals surface area contributed by atoms with Crippen molar-refractivity contribution in [2.75, 3.05) is 23.8 Å². The zero-order valence-electron chi connectivity index (χ0n) is 12.1. The van der Waals surface area contributed by atoms with Crippen LogP contribution in [0.2, 0.25) is 0 Å². The highest BCUT2D eigenvalue weighted by Gasteiger charge is 2.32. The lowest BCUT2D eigenvalue weighted by molar-refractivity contribution is 0.261. The normalized spacial score (nSPS) is 20.3. The van der Waals surface area contributed by atoms with Crippen LogP contribution >= 0.6 is 11.8 Å². The second-order valence-corrected chi connectivity index (χ2v) is 8.66. The summed E-state index contributed by atoms with van der Waals surface area (Å²) < 4.78 is 24.4. The standard InChI is InChI=1S/C14H21N3O2S2/c1-2-21(18,19)13-10-20-7-6-17(13)9-11-4-3-5-12(8-11)14(15)16/h3-5,8,13H,2,6-7,9-10H2,1H3,(H3,15,16). The summed E-state index contributed by atoms with van der Waals surface area (Å²) in [6, 6.07) is 7.45. The van der Waals surface area contributed by atoms with Crippen LogP contribution in [0.15, 0.2) is 24.3 Å². The Morgan fingerprint density at radius 3 is 2.95 bits per heavy atom. The summed E-state index contributed by atoms with van der Waals surface area (Å²) in [5.41, 5.74) is 7.17. The highest BCUT2D eigenvalue weighted by molar-refractivity contribution is 8.01. The van der Waals surface area contributed by atoms with Gasteiger partial charge in [0.2, 0.25) is 0 Å². The summed E-state index contributed by atoms with van der Waals surface area (Å²) in [6.07, 6.45) is 0. The predicted octanol–water partition coefficient (Wildman–Crippen LogP) is 1.28. The lowest BCUT2D eigenvalue weighted by Crippen LogP contribution is -2.47. The first-order valence-electron chi connectivity index (χ1n) is 6.90. The van der Waals surface area contributed by atoms with Gasteiger partial charge in [0.25, 0.3) is 0 Å². The number of sulfone groups is 1. The molecule has 0 bridgehead atoms. The van der Waals surface area contributed by atoms with E-state index in [4.69, 9.17) is 11.1 Å². The zero-order valence-corrected chi connectivity index (χ0v) is 13.7. The Bertz CT molecular complexity index is 616. The molecule has 0 aromatic heterocycles. The van der Waals surface area contributed by atoms with Gasteiger partial charge in [0, 0.05) is 35.9 Å². The summed E-state index contributed by atoms with van der Waals surface area (Å²) in [5.74, 6) is 1.77. The van der Waals surface area contributed by atoms with Gasteiger partial charge >= 0.3 is 0 Å².